The fourth-order valence-corrected chi connectivity index (χ4v) is 3.75. The highest BCUT2D eigenvalue weighted by molar-refractivity contribution is 7.89. The number of sulfonamides is 1. The molecule has 1 aliphatic carbocycles. The van der Waals surface area contributed by atoms with Gasteiger partial charge in [-0.1, -0.05) is 26.0 Å². The maximum absolute atomic E-state index is 12.1. The molecule has 6 nitrogen and oxygen atoms in total. The van der Waals surface area contributed by atoms with E-state index in [-0.39, 0.29) is 34.8 Å². The SMILES string of the molecule is CCC(N)(CC)CNC(=O)CCc1ccc(S(=O)(=O)NC2CC2)cc1.Cl. The molecule has 2 rings (SSSR count). The topological polar surface area (TPSA) is 101 Å². The van der Waals surface area contributed by atoms with Gasteiger partial charge < -0.3 is 11.1 Å². The lowest BCUT2D eigenvalue weighted by Crippen LogP contribution is -2.49. The quantitative estimate of drug-likeness (QED) is 0.556. The molecule has 1 fully saturated rings. The number of hydrogen-bond donors (Lipinski definition) is 3. The Balaban J connectivity index is 0.00000338. The van der Waals surface area contributed by atoms with Crippen LogP contribution in [0.2, 0.25) is 0 Å². The Bertz CT molecular complexity index is 684. The lowest BCUT2D eigenvalue weighted by molar-refractivity contribution is -0.121. The van der Waals surface area contributed by atoms with Crippen molar-refractivity contribution in [3.05, 3.63) is 29.8 Å². The molecule has 1 aliphatic rings. The molecule has 1 aromatic carbocycles. The molecule has 0 bridgehead atoms. The second kappa shape index (κ2) is 9.69. The van der Waals surface area contributed by atoms with Crippen molar-refractivity contribution in [1.82, 2.24) is 10.0 Å². The van der Waals surface area contributed by atoms with Crippen LogP contribution in [0.3, 0.4) is 0 Å². The second-order valence-electron chi connectivity index (χ2n) is 6.89. The van der Waals surface area contributed by atoms with Crippen molar-refractivity contribution in [3.8, 4) is 0 Å². The second-order valence-corrected chi connectivity index (χ2v) is 8.60. The summed E-state index contributed by atoms with van der Waals surface area (Å²) in [5.74, 6) is -0.0381. The van der Waals surface area contributed by atoms with Crippen LogP contribution in [0.1, 0.15) is 51.5 Å². The summed E-state index contributed by atoms with van der Waals surface area (Å²) in [7, 11) is -3.42. The predicted molar refractivity (Wildman–Crippen MR) is 106 cm³/mol. The molecule has 0 aliphatic heterocycles. The van der Waals surface area contributed by atoms with Gasteiger partial charge in [0.2, 0.25) is 15.9 Å². The number of nitrogens with two attached hydrogens (primary N) is 1. The molecule has 1 aromatic rings. The van der Waals surface area contributed by atoms with E-state index in [1.54, 1.807) is 24.3 Å². The standard InChI is InChI=1S/C18H29N3O3S.ClH/c1-3-18(19,4-2)13-20-17(22)12-7-14-5-10-16(11-6-14)25(23,24)21-15-8-9-15;/h5-6,10-11,15,21H,3-4,7-9,12-13,19H2,1-2H3,(H,20,22);1H. The first-order chi connectivity index (χ1) is 11.8. The van der Waals surface area contributed by atoms with Crippen LogP contribution in [0.15, 0.2) is 29.2 Å². The lowest BCUT2D eigenvalue weighted by Gasteiger charge is -2.26. The van der Waals surface area contributed by atoms with Crippen molar-refractivity contribution in [2.45, 2.75) is 68.8 Å². The maximum atomic E-state index is 12.1. The predicted octanol–water partition coefficient (Wildman–Crippen LogP) is 2.12. The molecule has 0 saturated heterocycles. The Morgan fingerprint density at radius 2 is 1.77 bits per heavy atom. The lowest BCUT2D eigenvalue weighted by atomic mass is 9.94. The highest BCUT2D eigenvalue weighted by Crippen LogP contribution is 2.22. The van der Waals surface area contributed by atoms with Gasteiger partial charge in [-0.05, 0) is 49.8 Å². The molecular weight excluding hydrogens is 374 g/mol. The molecule has 148 valence electrons. The van der Waals surface area contributed by atoms with Crippen LogP contribution in [0.25, 0.3) is 0 Å². The highest BCUT2D eigenvalue weighted by atomic mass is 35.5. The van der Waals surface area contributed by atoms with Crippen molar-refractivity contribution in [2.75, 3.05) is 6.54 Å². The molecule has 0 unspecified atom stereocenters. The van der Waals surface area contributed by atoms with Crippen LogP contribution in [-0.4, -0.2) is 32.5 Å². The molecular formula is C18H30ClN3O3S. The molecule has 0 heterocycles. The van der Waals surface area contributed by atoms with Gasteiger partial charge >= 0.3 is 0 Å². The van der Waals surface area contributed by atoms with Crippen molar-refractivity contribution in [2.24, 2.45) is 5.73 Å². The van der Waals surface area contributed by atoms with Crippen LogP contribution in [0.4, 0.5) is 0 Å². The summed E-state index contributed by atoms with van der Waals surface area (Å²) in [5.41, 5.74) is 6.76. The number of carbonyl (C=O) groups excluding carboxylic acids is 1. The molecule has 1 amide bonds. The van der Waals surface area contributed by atoms with Gasteiger partial charge in [0.1, 0.15) is 0 Å². The Morgan fingerprint density at radius 1 is 1.19 bits per heavy atom. The molecule has 26 heavy (non-hydrogen) atoms. The Kier molecular flexibility index (Phi) is 8.53. The number of hydrogen-bond acceptors (Lipinski definition) is 4. The van der Waals surface area contributed by atoms with Crippen LogP contribution >= 0.6 is 12.4 Å². The minimum absolute atomic E-state index is 0. The van der Waals surface area contributed by atoms with Crippen LogP contribution in [0, 0.1) is 0 Å². The number of benzene rings is 1. The summed E-state index contributed by atoms with van der Waals surface area (Å²) in [6.07, 6.45) is 4.37. The van der Waals surface area contributed by atoms with E-state index < -0.39 is 10.0 Å². The van der Waals surface area contributed by atoms with Gasteiger partial charge in [0.05, 0.1) is 4.90 Å². The van der Waals surface area contributed by atoms with Gasteiger partial charge in [0.15, 0.2) is 0 Å². The van der Waals surface area contributed by atoms with Crippen LogP contribution < -0.4 is 15.8 Å². The minimum Gasteiger partial charge on any atom is -0.354 e. The van der Waals surface area contributed by atoms with E-state index in [0.717, 1.165) is 31.2 Å². The average molecular weight is 404 g/mol. The van der Waals surface area contributed by atoms with Crippen molar-refractivity contribution < 1.29 is 13.2 Å². The Morgan fingerprint density at radius 3 is 2.27 bits per heavy atom. The monoisotopic (exact) mass is 403 g/mol. The Hall–Kier alpha value is -1.15. The first kappa shape index (κ1) is 22.9. The van der Waals surface area contributed by atoms with Gasteiger partial charge in [-0.15, -0.1) is 12.4 Å². The molecule has 0 radical (unpaired) electrons. The molecule has 1 saturated carbocycles. The minimum atomic E-state index is -3.42. The van der Waals surface area contributed by atoms with Gasteiger partial charge in [-0.2, -0.15) is 0 Å². The summed E-state index contributed by atoms with van der Waals surface area (Å²) < 4.78 is 26.9. The van der Waals surface area contributed by atoms with Crippen molar-refractivity contribution in [1.29, 1.82) is 0 Å². The van der Waals surface area contributed by atoms with Crippen molar-refractivity contribution in [3.63, 3.8) is 0 Å². The van der Waals surface area contributed by atoms with E-state index >= 15 is 0 Å². The number of aryl methyl sites for hydroxylation is 1. The fraction of sp³-hybridized carbons (Fsp3) is 0.611. The zero-order chi connectivity index (χ0) is 18.5. The largest absolute Gasteiger partial charge is 0.354 e. The third kappa shape index (κ3) is 6.87. The highest BCUT2D eigenvalue weighted by Gasteiger charge is 2.27. The van der Waals surface area contributed by atoms with Gasteiger partial charge in [0, 0.05) is 24.5 Å². The number of halogens is 1. The van der Waals surface area contributed by atoms with E-state index in [1.807, 2.05) is 13.8 Å². The number of carbonyl (C=O) groups is 1. The summed E-state index contributed by atoms with van der Waals surface area (Å²) in [4.78, 5) is 12.2. The number of amides is 1. The summed E-state index contributed by atoms with van der Waals surface area (Å²) in [6.45, 7) is 4.51. The van der Waals surface area contributed by atoms with E-state index in [4.69, 9.17) is 5.73 Å². The number of nitrogens with one attached hydrogen (secondary N) is 2. The van der Waals surface area contributed by atoms with Crippen LogP contribution in [-0.2, 0) is 21.2 Å². The average Bonchev–Trinajstić information content (AvgIpc) is 3.41. The fourth-order valence-electron chi connectivity index (χ4n) is 2.44. The first-order valence-electron chi connectivity index (χ1n) is 8.95. The zero-order valence-electron chi connectivity index (χ0n) is 15.5. The van der Waals surface area contributed by atoms with Crippen molar-refractivity contribution >= 4 is 28.3 Å². The molecule has 4 N–H and O–H groups in total. The van der Waals surface area contributed by atoms with Gasteiger partial charge in [-0.3, -0.25) is 4.79 Å². The molecule has 8 heteroatoms. The van der Waals surface area contributed by atoms with E-state index in [1.165, 1.54) is 0 Å². The third-order valence-electron chi connectivity index (χ3n) is 4.82. The molecule has 0 aromatic heterocycles. The zero-order valence-corrected chi connectivity index (χ0v) is 17.1. The molecule has 0 spiro atoms. The van der Waals surface area contributed by atoms with Crippen LogP contribution in [0.5, 0.6) is 0 Å². The van der Waals surface area contributed by atoms with E-state index in [2.05, 4.69) is 10.0 Å². The first-order valence-corrected chi connectivity index (χ1v) is 10.4. The Labute approximate surface area is 162 Å². The van der Waals surface area contributed by atoms with Gasteiger partial charge in [-0.25, -0.2) is 13.1 Å². The summed E-state index contributed by atoms with van der Waals surface area (Å²) >= 11 is 0. The number of rotatable bonds is 10. The smallest absolute Gasteiger partial charge is 0.240 e. The summed E-state index contributed by atoms with van der Waals surface area (Å²) in [6, 6.07) is 6.81. The third-order valence-corrected chi connectivity index (χ3v) is 6.36. The van der Waals surface area contributed by atoms with E-state index in [9.17, 15) is 13.2 Å². The summed E-state index contributed by atoms with van der Waals surface area (Å²) in [5, 5.41) is 2.89. The normalized spacial score (nSPS) is 14.6. The maximum Gasteiger partial charge on any atom is 0.240 e. The van der Waals surface area contributed by atoms with E-state index in [0.29, 0.717) is 19.4 Å². The molecule has 0 atom stereocenters. The van der Waals surface area contributed by atoms with Gasteiger partial charge in [0.25, 0.3) is 0 Å².